The van der Waals surface area contributed by atoms with Crippen LogP contribution in [-0.4, -0.2) is 7.11 Å². The van der Waals surface area contributed by atoms with E-state index in [9.17, 15) is 0 Å². The van der Waals surface area contributed by atoms with E-state index in [0.717, 1.165) is 18.6 Å². The van der Waals surface area contributed by atoms with Crippen LogP contribution in [0.3, 0.4) is 0 Å². The van der Waals surface area contributed by atoms with E-state index in [1.807, 2.05) is 6.08 Å². The van der Waals surface area contributed by atoms with Crippen LogP contribution in [0.15, 0.2) is 37.1 Å². The van der Waals surface area contributed by atoms with E-state index < -0.39 is 0 Å². The Hall–Kier alpha value is -0.980. The second-order valence-corrected chi connectivity index (χ2v) is 2.03. The molecule has 1 heteroatoms. The van der Waals surface area contributed by atoms with Gasteiger partial charge in [-0.3, -0.25) is 0 Å². The first-order chi connectivity index (χ1) is 5.85. The minimum absolute atomic E-state index is 0.962. The van der Waals surface area contributed by atoms with Gasteiger partial charge in [0, 0.05) is 0 Å². The first kappa shape index (κ1) is 13.6. The van der Waals surface area contributed by atoms with Crippen LogP contribution in [0.2, 0.25) is 0 Å². The van der Waals surface area contributed by atoms with E-state index in [1.54, 1.807) is 7.11 Å². The van der Waals surface area contributed by atoms with Crippen molar-refractivity contribution in [1.82, 2.24) is 0 Å². The van der Waals surface area contributed by atoms with Gasteiger partial charge in [0.05, 0.1) is 7.11 Å². The third-order valence-corrected chi connectivity index (χ3v) is 1.16. The van der Waals surface area contributed by atoms with Crippen molar-refractivity contribution in [3.63, 3.8) is 0 Å². The summed E-state index contributed by atoms with van der Waals surface area (Å²) >= 11 is 0. The van der Waals surface area contributed by atoms with Crippen molar-refractivity contribution < 1.29 is 4.74 Å². The minimum atomic E-state index is 0.962. The van der Waals surface area contributed by atoms with Gasteiger partial charge in [-0.1, -0.05) is 19.9 Å². The topological polar surface area (TPSA) is 9.23 Å². The summed E-state index contributed by atoms with van der Waals surface area (Å²) in [6.07, 6.45) is 8.24. The minimum Gasteiger partial charge on any atom is -0.497 e. The fraction of sp³-hybridized carbons (Fsp3) is 0.455. The Morgan fingerprint density at radius 1 is 1.25 bits per heavy atom. The Morgan fingerprint density at radius 3 is 2.17 bits per heavy atom. The third-order valence-electron chi connectivity index (χ3n) is 1.16. The lowest BCUT2D eigenvalue weighted by Crippen LogP contribution is -1.80. The summed E-state index contributed by atoms with van der Waals surface area (Å²) in [6.45, 7) is 10.2. The number of allylic oxidation sites excluding steroid dienone is 3. The zero-order chi connectivity index (χ0) is 9.82. The lowest BCUT2D eigenvalue weighted by atomic mass is 10.3. The molecule has 12 heavy (non-hydrogen) atoms. The van der Waals surface area contributed by atoms with Crippen molar-refractivity contribution in [1.29, 1.82) is 0 Å². The van der Waals surface area contributed by atoms with Crippen LogP contribution in [0.4, 0.5) is 0 Å². The summed E-state index contributed by atoms with van der Waals surface area (Å²) in [7, 11) is 1.70. The molecule has 0 rings (SSSR count). The van der Waals surface area contributed by atoms with E-state index in [2.05, 4.69) is 39.2 Å². The predicted octanol–water partition coefficient (Wildman–Crippen LogP) is 3.70. The molecule has 1 nitrogen and oxygen atoms in total. The summed E-state index contributed by atoms with van der Waals surface area (Å²) < 4.78 is 5.07. The fourth-order valence-electron chi connectivity index (χ4n) is 0.655. The smallest absolute Gasteiger partial charge is 0.114 e. The molecule has 0 saturated heterocycles. The first-order valence-electron chi connectivity index (χ1n) is 4.25. The van der Waals surface area contributed by atoms with Crippen LogP contribution in [-0.2, 0) is 4.74 Å². The number of hydrogen-bond donors (Lipinski definition) is 0. The molecule has 0 aliphatic heterocycles. The molecule has 0 bridgehead atoms. The highest BCUT2D eigenvalue weighted by atomic mass is 16.5. The van der Waals surface area contributed by atoms with Crippen LogP contribution in [0.1, 0.15) is 26.7 Å². The van der Waals surface area contributed by atoms with Crippen molar-refractivity contribution in [3.05, 3.63) is 37.1 Å². The van der Waals surface area contributed by atoms with Crippen LogP contribution in [0, 0.1) is 0 Å². The summed E-state index contributed by atoms with van der Waals surface area (Å²) in [5.74, 6) is 0.962. The average molecular weight is 168 g/mol. The van der Waals surface area contributed by atoms with Gasteiger partial charge in [-0.15, -0.1) is 13.2 Å². The van der Waals surface area contributed by atoms with Crippen molar-refractivity contribution in [3.8, 4) is 0 Å². The third kappa shape index (κ3) is 9.02. The van der Waals surface area contributed by atoms with Crippen molar-refractivity contribution in [2.75, 3.05) is 7.11 Å². The van der Waals surface area contributed by atoms with E-state index in [1.165, 1.54) is 0 Å². The average Bonchev–Trinajstić information content (AvgIpc) is 2.15. The van der Waals surface area contributed by atoms with Crippen LogP contribution < -0.4 is 0 Å². The van der Waals surface area contributed by atoms with Gasteiger partial charge in [-0.25, -0.2) is 0 Å². The highest BCUT2D eigenvalue weighted by Crippen LogP contribution is 1.99. The lowest BCUT2D eigenvalue weighted by molar-refractivity contribution is 0.305. The molecular formula is C11H20O. The summed E-state index contributed by atoms with van der Waals surface area (Å²) in [4.78, 5) is 0. The van der Waals surface area contributed by atoms with Crippen LogP contribution >= 0.6 is 0 Å². The molecule has 0 fully saturated rings. The molecule has 0 atom stereocenters. The second kappa shape index (κ2) is 12.7. The fourth-order valence-corrected chi connectivity index (χ4v) is 0.655. The monoisotopic (exact) mass is 168 g/mol. The number of hydrogen-bond acceptors (Lipinski definition) is 1. The van der Waals surface area contributed by atoms with Gasteiger partial charge >= 0.3 is 0 Å². The summed E-state index contributed by atoms with van der Waals surface area (Å²) in [6, 6.07) is 0. The van der Waals surface area contributed by atoms with Crippen molar-refractivity contribution in [2.45, 2.75) is 26.7 Å². The summed E-state index contributed by atoms with van der Waals surface area (Å²) in [5, 5.41) is 0. The number of methoxy groups -OCH3 is 1. The van der Waals surface area contributed by atoms with E-state index in [0.29, 0.717) is 0 Å². The van der Waals surface area contributed by atoms with Crippen LogP contribution in [0.25, 0.3) is 0 Å². The molecule has 0 aromatic rings. The van der Waals surface area contributed by atoms with Crippen LogP contribution in [0.5, 0.6) is 0 Å². The number of ether oxygens (including phenoxy) is 1. The Balaban J connectivity index is 0. The van der Waals surface area contributed by atoms with E-state index >= 15 is 0 Å². The second-order valence-electron chi connectivity index (χ2n) is 2.03. The maximum atomic E-state index is 5.07. The van der Waals surface area contributed by atoms with Crippen molar-refractivity contribution in [2.24, 2.45) is 0 Å². The first-order valence-corrected chi connectivity index (χ1v) is 4.25. The normalized spacial score (nSPS) is 10.8. The quantitative estimate of drug-likeness (QED) is 0.353. The molecule has 0 aliphatic rings. The van der Waals surface area contributed by atoms with Crippen molar-refractivity contribution >= 4 is 0 Å². The lowest BCUT2D eigenvalue weighted by Gasteiger charge is -1.97. The molecule has 0 saturated carbocycles. The van der Waals surface area contributed by atoms with Gasteiger partial charge in [-0.05, 0) is 25.0 Å². The van der Waals surface area contributed by atoms with E-state index in [-0.39, 0.29) is 0 Å². The molecule has 0 aromatic carbocycles. The zero-order valence-corrected chi connectivity index (χ0v) is 8.47. The van der Waals surface area contributed by atoms with E-state index in [4.69, 9.17) is 4.74 Å². The Bertz CT molecular complexity index is 134. The maximum absolute atomic E-state index is 5.07. The van der Waals surface area contributed by atoms with Gasteiger partial charge in [-0.2, -0.15) is 0 Å². The highest BCUT2D eigenvalue weighted by Gasteiger charge is 1.84. The maximum Gasteiger partial charge on any atom is 0.114 e. The molecule has 0 aromatic heterocycles. The molecule has 0 unspecified atom stereocenters. The Labute approximate surface area is 76.4 Å². The standard InChI is InChI=1S/C9H16O.C2H4/c1-4-6-8-9(10-3)7-5-2;1-2/h6-8H,4-5H2,1-3H3;1-2H2/b8-6-,9-7+;. The van der Waals surface area contributed by atoms with Gasteiger partial charge in [0.1, 0.15) is 5.76 Å². The predicted molar refractivity (Wildman–Crippen MR) is 56.1 cm³/mol. The van der Waals surface area contributed by atoms with Gasteiger partial charge in [0.25, 0.3) is 0 Å². The number of rotatable bonds is 4. The molecule has 0 radical (unpaired) electrons. The summed E-state index contributed by atoms with van der Waals surface area (Å²) in [5.41, 5.74) is 0. The molecule has 0 heterocycles. The van der Waals surface area contributed by atoms with Gasteiger partial charge in [0.15, 0.2) is 0 Å². The molecule has 0 amide bonds. The Morgan fingerprint density at radius 2 is 1.83 bits per heavy atom. The zero-order valence-electron chi connectivity index (χ0n) is 8.47. The molecular weight excluding hydrogens is 148 g/mol. The molecule has 0 N–H and O–H groups in total. The molecule has 0 spiro atoms. The van der Waals surface area contributed by atoms with Gasteiger partial charge in [0.2, 0.25) is 0 Å². The molecule has 70 valence electrons. The highest BCUT2D eigenvalue weighted by molar-refractivity contribution is 5.11. The van der Waals surface area contributed by atoms with Gasteiger partial charge < -0.3 is 4.74 Å². The largest absolute Gasteiger partial charge is 0.497 e. The Kier molecular flexibility index (Phi) is 14.4. The SMILES string of the molecule is C=C.CC/C=C\C(=C/CC)OC. The molecule has 0 aliphatic carbocycles.